The Labute approximate surface area is 186 Å². The molecule has 3 aromatic rings. The van der Waals surface area contributed by atoms with E-state index in [4.69, 9.17) is 0 Å². The van der Waals surface area contributed by atoms with Gasteiger partial charge in [-0.3, -0.25) is 0 Å². The van der Waals surface area contributed by atoms with Gasteiger partial charge < -0.3 is 10.4 Å². The predicted octanol–water partition coefficient (Wildman–Crippen LogP) is 4.07. The van der Waals surface area contributed by atoms with Crippen LogP contribution in [0.15, 0.2) is 36.7 Å². The molecule has 32 heavy (non-hydrogen) atoms. The zero-order valence-electron chi connectivity index (χ0n) is 16.8. The second kappa shape index (κ2) is 8.09. The van der Waals surface area contributed by atoms with Gasteiger partial charge in [0.05, 0.1) is 16.4 Å². The van der Waals surface area contributed by atoms with Crippen LogP contribution in [0.3, 0.4) is 0 Å². The van der Waals surface area contributed by atoms with Crippen molar-refractivity contribution < 1.29 is 26.7 Å². The summed E-state index contributed by atoms with van der Waals surface area (Å²) in [7, 11) is -3.13. The van der Waals surface area contributed by atoms with Crippen LogP contribution in [0.1, 0.15) is 29.1 Å². The summed E-state index contributed by atoms with van der Waals surface area (Å²) in [6, 6.07) is 6.15. The minimum atomic E-state index is -4.57. The number of halogens is 3. The minimum Gasteiger partial charge on any atom is -0.383 e. The summed E-state index contributed by atoms with van der Waals surface area (Å²) in [5.41, 5.74) is -0.246. The van der Waals surface area contributed by atoms with E-state index in [1.54, 1.807) is 18.3 Å². The lowest BCUT2D eigenvalue weighted by molar-refractivity contribution is -0.141. The Balaban J connectivity index is 1.59. The number of hydrogen-bond acceptors (Lipinski definition) is 8. The average Bonchev–Trinajstić information content (AvgIpc) is 3.21. The smallest absolute Gasteiger partial charge is 0.383 e. The highest BCUT2D eigenvalue weighted by atomic mass is 32.2. The van der Waals surface area contributed by atoms with Crippen LogP contribution in [-0.4, -0.2) is 40.0 Å². The van der Waals surface area contributed by atoms with Gasteiger partial charge in [0.1, 0.15) is 16.3 Å². The molecule has 4 rings (SSSR count). The lowest BCUT2D eigenvalue weighted by Gasteiger charge is -2.29. The van der Waals surface area contributed by atoms with Crippen LogP contribution in [0.2, 0.25) is 0 Å². The first-order valence-electron chi connectivity index (χ1n) is 9.62. The summed E-state index contributed by atoms with van der Waals surface area (Å²) in [6.07, 6.45) is -1.75. The molecule has 0 radical (unpaired) electrons. The number of hydrogen-bond donors (Lipinski definition) is 2. The molecule has 7 nitrogen and oxygen atoms in total. The summed E-state index contributed by atoms with van der Waals surface area (Å²) in [5, 5.41) is 14.1. The van der Waals surface area contributed by atoms with E-state index in [1.807, 2.05) is 13.0 Å². The summed E-state index contributed by atoms with van der Waals surface area (Å²) < 4.78 is 62.1. The van der Waals surface area contributed by atoms with Crippen molar-refractivity contribution in [2.45, 2.75) is 31.5 Å². The lowest BCUT2D eigenvalue weighted by atomic mass is 9.98. The van der Waals surface area contributed by atoms with E-state index in [-0.39, 0.29) is 30.3 Å². The van der Waals surface area contributed by atoms with E-state index in [2.05, 4.69) is 20.3 Å². The Morgan fingerprint density at radius 3 is 2.56 bits per heavy atom. The second-order valence-electron chi connectivity index (χ2n) is 7.69. The summed E-state index contributed by atoms with van der Waals surface area (Å²) in [4.78, 5) is 12.4. The number of aromatic nitrogens is 3. The molecule has 0 aliphatic carbocycles. The molecule has 2 N–H and O–H groups in total. The quantitative estimate of drug-likeness (QED) is 0.575. The first kappa shape index (κ1) is 22.6. The van der Waals surface area contributed by atoms with Crippen molar-refractivity contribution in [2.75, 3.05) is 16.8 Å². The third-order valence-corrected chi connectivity index (χ3v) is 8.01. The van der Waals surface area contributed by atoms with Crippen molar-refractivity contribution in [2.24, 2.45) is 0 Å². The molecule has 170 valence electrons. The van der Waals surface area contributed by atoms with Crippen LogP contribution in [0.25, 0.3) is 10.4 Å². The highest BCUT2D eigenvalue weighted by Gasteiger charge is 2.39. The van der Waals surface area contributed by atoms with Gasteiger partial charge in [-0.05, 0) is 49.1 Å². The standard InChI is InChI=1S/C20H19F3N4O3S2/c1-12-8-13(10-14(9-12)26-18-24-5-2-16(27-18)20(21,22)23)15-11-25-17(31-15)19(28)3-6-32(29,30)7-4-19/h2,5,8-11,28H,3-4,6-7H2,1H3,(H,24,26,27). The fourth-order valence-corrected chi connectivity index (χ4v) is 5.97. The van der Waals surface area contributed by atoms with Gasteiger partial charge in [-0.15, -0.1) is 11.3 Å². The first-order valence-corrected chi connectivity index (χ1v) is 12.3. The van der Waals surface area contributed by atoms with E-state index in [0.29, 0.717) is 10.7 Å². The number of nitrogens with zero attached hydrogens (tertiary/aromatic N) is 3. The van der Waals surface area contributed by atoms with Crippen LogP contribution in [0.5, 0.6) is 0 Å². The predicted molar refractivity (Wildman–Crippen MR) is 114 cm³/mol. The van der Waals surface area contributed by atoms with Crippen LogP contribution in [-0.2, 0) is 21.6 Å². The SMILES string of the molecule is Cc1cc(Nc2nccc(C(F)(F)F)n2)cc(-c2cnc(C3(O)CCS(=O)(=O)CC3)s2)c1. The topological polar surface area (TPSA) is 105 Å². The Hall–Kier alpha value is -2.57. The van der Waals surface area contributed by atoms with E-state index in [9.17, 15) is 26.7 Å². The second-order valence-corrected chi connectivity index (χ2v) is 11.0. The number of alkyl halides is 3. The number of benzene rings is 1. The van der Waals surface area contributed by atoms with Crippen molar-refractivity contribution in [3.05, 3.63) is 52.9 Å². The molecule has 0 spiro atoms. The first-order chi connectivity index (χ1) is 14.9. The fraction of sp³-hybridized carbons (Fsp3) is 0.350. The van der Waals surface area contributed by atoms with Crippen molar-refractivity contribution >= 4 is 32.8 Å². The number of aliphatic hydroxyl groups is 1. The molecule has 0 unspecified atom stereocenters. The van der Waals surface area contributed by atoms with Gasteiger partial charge in [-0.25, -0.2) is 23.4 Å². The molecule has 0 saturated carbocycles. The molecule has 1 aromatic carbocycles. The normalized spacial score (nSPS) is 17.8. The molecule has 0 bridgehead atoms. The maximum atomic E-state index is 12.9. The zero-order chi connectivity index (χ0) is 23.1. The van der Waals surface area contributed by atoms with E-state index in [1.165, 1.54) is 11.3 Å². The van der Waals surface area contributed by atoms with Crippen LogP contribution in [0, 0.1) is 6.92 Å². The van der Waals surface area contributed by atoms with E-state index in [0.717, 1.165) is 28.3 Å². The molecule has 1 fully saturated rings. The molecule has 1 aliphatic heterocycles. The summed E-state index contributed by atoms with van der Waals surface area (Å²) >= 11 is 1.26. The Morgan fingerprint density at radius 1 is 1.16 bits per heavy atom. The molecule has 0 amide bonds. The zero-order valence-corrected chi connectivity index (χ0v) is 18.5. The van der Waals surface area contributed by atoms with Crippen molar-refractivity contribution in [1.29, 1.82) is 0 Å². The monoisotopic (exact) mass is 484 g/mol. The number of thiazole rings is 1. The van der Waals surface area contributed by atoms with Crippen LogP contribution < -0.4 is 5.32 Å². The van der Waals surface area contributed by atoms with Crippen molar-refractivity contribution in [3.8, 4) is 10.4 Å². The van der Waals surface area contributed by atoms with Gasteiger partial charge in [-0.2, -0.15) is 13.2 Å². The fourth-order valence-electron chi connectivity index (χ4n) is 3.42. The molecule has 1 aliphatic rings. The molecule has 1 saturated heterocycles. The van der Waals surface area contributed by atoms with E-state index >= 15 is 0 Å². The van der Waals surface area contributed by atoms with E-state index < -0.39 is 27.3 Å². The molecule has 12 heteroatoms. The van der Waals surface area contributed by atoms with Gasteiger partial charge in [0.25, 0.3) is 0 Å². The van der Waals surface area contributed by atoms with Crippen molar-refractivity contribution in [3.63, 3.8) is 0 Å². The number of sulfone groups is 1. The molecule has 3 heterocycles. The maximum absolute atomic E-state index is 12.9. The van der Waals surface area contributed by atoms with Gasteiger partial charge >= 0.3 is 6.18 Å². The molecule has 0 atom stereocenters. The third kappa shape index (κ3) is 4.92. The summed E-state index contributed by atoms with van der Waals surface area (Å²) in [6.45, 7) is 1.84. The highest BCUT2D eigenvalue weighted by Crippen LogP contribution is 2.39. The Morgan fingerprint density at radius 2 is 1.88 bits per heavy atom. The number of rotatable bonds is 4. The Kier molecular flexibility index (Phi) is 5.72. The molecular formula is C20H19F3N4O3S2. The maximum Gasteiger partial charge on any atom is 0.433 e. The average molecular weight is 485 g/mol. The van der Waals surface area contributed by atoms with Gasteiger partial charge in [0.15, 0.2) is 9.84 Å². The molecular weight excluding hydrogens is 465 g/mol. The van der Waals surface area contributed by atoms with Crippen LogP contribution >= 0.6 is 11.3 Å². The van der Waals surface area contributed by atoms with Gasteiger partial charge in [-0.1, -0.05) is 6.07 Å². The summed E-state index contributed by atoms with van der Waals surface area (Å²) in [5.74, 6) is -0.360. The molecule has 2 aromatic heterocycles. The van der Waals surface area contributed by atoms with Gasteiger partial charge in [0, 0.05) is 18.1 Å². The minimum absolute atomic E-state index is 0.0894. The third-order valence-electron chi connectivity index (χ3n) is 5.12. The number of anilines is 2. The van der Waals surface area contributed by atoms with Gasteiger partial charge in [0.2, 0.25) is 5.95 Å². The number of aryl methyl sites for hydroxylation is 1. The highest BCUT2D eigenvalue weighted by molar-refractivity contribution is 7.91. The van der Waals surface area contributed by atoms with Crippen molar-refractivity contribution in [1.82, 2.24) is 15.0 Å². The lowest BCUT2D eigenvalue weighted by Crippen LogP contribution is -2.36. The van der Waals surface area contributed by atoms with Crippen LogP contribution in [0.4, 0.5) is 24.8 Å². The largest absolute Gasteiger partial charge is 0.433 e. The Bertz CT molecular complexity index is 1240. The number of nitrogens with one attached hydrogen (secondary N) is 1.